The summed E-state index contributed by atoms with van der Waals surface area (Å²) >= 11 is 0. The zero-order valence-corrected chi connectivity index (χ0v) is 15.0. The first-order chi connectivity index (χ1) is 12.3. The molecule has 26 heavy (non-hydrogen) atoms. The number of hydrogen-bond donors (Lipinski definition) is 1. The van der Waals surface area contributed by atoms with Gasteiger partial charge in [-0.15, -0.1) is 0 Å². The Labute approximate surface area is 150 Å². The van der Waals surface area contributed by atoms with Crippen molar-refractivity contribution in [3.8, 4) is 0 Å². The molecule has 0 saturated carbocycles. The van der Waals surface area contributed by atoms with E-state index in [-0.39, 0.29) is 24.2 Å². The molecular weight excluding hydrogens is 340 g/mol. The van der Waals surface area contributed by atoms with Gasteiger partial charge in [0.25, 0.3) is 0 Å². The normalized spacial score (nSPS) is 14.5. The minimum absolute atomic E-state index is 0.0213. The van der Waals surface area contributed by atoms with Gasteiger partial charge in [-0.2, -0.15) is 0 Å². The van der Waals surface area contributed by atoms with Crippen molar-refractivity contribution >= 4 is 17.4 Å². The molecule has 0 radical (unpaired) electrons. The van der Waals surface area contributed by atoms with Crippen LogP contribution in [0.25, 0.3) is 0 Å². The van der Waals surface area contributed by atoms with Crippen molar-refractivity contribution in [1.29, 1.82) is 0 Å². The number of amides is 1. The number of anilines is 2. The number of carbonyl (C=O) groups excluding carboxylic acids is 1. The van der Waals surface area contributed by atoms with Crippen molar-refractivity contribution in [2.75, 3.05) is 36.9 Å². The number of rotatable bonds is 5. The highest BCUT2D eigenvalue weighted by molar-refractivity contribution is 5.92. The molecular formula is C18H21F2N5O. The highest BCUT2D eigenvalue weighted by Gasteiger charge is 2.32. The number of carbonyl (C=O) groups is 1. The van der Waals surface area contributed by atoms with Gasteiger partial charge in [-0.3, -0.25) is 9.69 Å². The predicted molar refractivity (Wildman–Crippen MR) is 95.1 cm³/mol. The van der Waals surface area contributed by atoms with Crippen LogP contribution in [-0.2, 0) is 4.79 Å². The van der Waals surface area contributed by atoms with E-state index in [1.54, 1.807) is 0 Å². The summed E-state index contributed by atoms with van der Waals surface area (Å²) in [6.45, 7) is 5.42. The van der Waals surface area contributed by atoms with Gasteiger partial charge in [-0.1, -0.05) is 0 Å². The number of aromatic nitrogens is 2. The second-order valence-electron chi connectivity index (χ2n) is 6.56. The predicted octanol–water partition coefficient (Wildman–Crippen LogP) is 2.13. The van der Waals surface area contributed by atoms with Gasteiger partial charge in [0.1, 0.15) is 23.3 Å². The molecule has 0 atom stereocenters. The Morgan fingerprint density at radius 2 is 2.00 bits per heavy atom. The number of benzene rings is 1. The lowest BCUT2D eigenvalue weighted by Gasteiger charge is -2.44. The third-order valence-corrected chi connectivity index (χ3v) is 4.36. The minimum Gasteiger partial charge on any atom is -0.353 e. The van der Waals surface area contributed by atoms with Gasteiger partial charge in [0.2, 0.25) is 5.91 Å². The van der Waals surface area contributed by atoms with Crippen LogP contribution in [0.3, 0.4) is 0 Å². The monoisotopic (exact) mass is 361 g/mol. The van der Waals surface area contributed by atoms with Crippen molar-refractivity contribution in [2.24, 2.45) is 0 Å². The summed E-state index contributed by atoms with van der Waals surface area (Å²) in [5, 5.41) is 2.47. The van der Waals surface area contributed by atoms with E-state index in [1.165, 1.54) is 6.07 Å². The largest absolute Gasteiger partial charge is 0.353 e. The maximum atomic E-state index is 13.6. The first-order valence-corrected chi connectivity index (χ1v) is 8.34. The lowest BCUT2D eigenvalue weighted by Crippen LogP contribution is -2.59. The average molecular weight is 361 g/mol. The number of aryl methyl sites for hydroxylation is 2. The van der Waals surface area contributed by atoms with E-state index in [9.17, 15) is 13.6 Å². The van der Waals surface area contributed by atoms with Crippen LogP contribution in [0.5, 0.6) is 0 Å². The van der Waals surface area contributed by atoms with Crippen molar-refractivity contribution < 1.29 is 13.6 Å². The van der Waals surface area contributed by atoms with Crippen LogP contribution in [0.1, 0.15) is 11.5 Å². The fourth-order valence-electron chi connectivity index (χ4n) is 2.92. The maximum Gasteiger partial charge on any atom is 0.238 e. The lowest BCUT2D eigenvalue weighted by molar-refractivity contribution is -0.117. The zero-order chi connectivity index (χ0) is 18.8. The van der Waals surface area contributed by atoms with Gasteiger partial charge in [0, 0.05) is 37.0 Å². The Morgan fingerprint density at radius 1 is 1.27 bits per heavy atom. The molecule has 0 spiro atoms. The number of hydrogen-bond acceptors (Lipinski definition) is 5. The van der Waals surface area contributed by atoms with E-state index < -0.39 is 11.6 Å². The molecule has 6 nitrogen and oxygen atoms in total. The number of nitrogens with one attached hydrogen (secondary N) is 1. The molecule has 1 amide bonds. The van der Waals surface area contributed by atoms with E-state index in [4.69, 9.17) is 0 Å². The third kappa shape index (κ3) is 4.13. The molecule has 138 valence electrons. The summed E-state index contributed by atoms with van der Waals surface area (Å²) in [4.78, 5) is 24.8. The molecule has 3 rings (SSSR count). The fraction of sp³-hybridized carbons (Fsp3) is 0.389. The zero-order valence-electron chi connectivity index (χ0n) is 15.0. The molecule has 1 fully saturated rings. The summed E-state index contributed by atoms with van der Waals surface area (Å²) in [5.74, 6) is -0.187. The van der Waals surface area contributed by atoms with Crippen LogP contribution in [-0.4, -0.2) is 53.5 Å². The number of halogens is 2. The molecule has 1 aromatic carbocycles. The van der Waals surface area contributed by atoms with Crippen LogP contribution in [0.4, 0.5) is 20.3 Å². The molecule has 2 heterocycles. The first kappa shape index (κ1) is 18.2. The fourth-order valence-corrected chi connectivity index (χ4v) is 2.92. The summed E-state index contributed by atoms with van der Waals surface area (Å²) in [7, 11) is 1.85. The summed E-state index contributed by atoms with van der Waals surface area (Å²) in [6.07, 6.45) is 0. The maximum absolute atomic E-state index is 13.6. The third-order valence-electron chi connectivity index (χ3n) is 4.36. The Morgan fingerprint density at radius 3 is 2.65 bits per heavy atom. The molecule has 8 heteroatoms. The SMILES string of the molecule is Cc1cc(N2CC(N(C)CC(=O)Nc3ccc(F)cc3F)C2)nc(C)n1. The molecule has 1 aliphatic rings. The van der Waals surface area contributed by atoms with E-state index in [1.807, 2.05) is 31.9 Å². The molecule has 0 bridgehead atoms. The average Bonchev–Trinajstić information content (AvgIpc) is 2.47. The summed E-state index contributed by atoms with van der Waals surface area (Å²) < 4.78 is 26.5. The second-order valence-corrected chi connectivity index (χ2v) is 6.56. The topological polar surface area (TPSA) is 61.4 Å². The van der Waals surface area contributed by atoms with Crippen LogP contribution < -0.4 is 10.2 Å². The Bertz CT molecular complexity index is 803. The van der Waals surface area contributed by atoms with Gasteiger partial charge in [0.15, 0.2) is 0 Å². The second kappa shape index (κ2) is 7.33. The van der Waals surface area contributed by atoms with Crippen LogP contribution in [0, 0.1) is 25.5 Å². The summed E-state index contributed by atoms with van der Waals surface area (Å²) in [5.41, 5.74) is 0.900. The minimum atomic E-state index is -0.787. The van der Waals surface area contributed by atoms with E-state index in [0.717, 1.165) is 42.6 Å². The standard InChI is InChI=1S/C18H21F2N5O/c1-11-6-17(22-12(2)21-11)25-8-14(9-25)24(3)10-18(26)23-16-5-4-13(19)7-15(16)20/h4-7,14H,8-10H2,1-3H3,(H,23,26). The number of nitrogens with zero attached hydrogens (tertiary/aromatic N) is 4. The molecule has 0 aliphatic carbocycles. The molecule has 2 aromatic rings. The quantitative estimate of drug-likeness (QED) is 0.884. The van der Waals surface area contributed by atoms with Gasteiger partial charge >= 0.3 is 0 Å². The molecule has 1 saturated heterocycles. The summed E-state index contributed by atoms with van der Waals surface area (Å²) in [6, 6.07) is 5.21. The van der Waals surface area contributed by atoms with E-state index in [2.05, 4.69) is 20.2 Å². The van der Waals surface area contributed by atoms with E-state index >= 15 is 0 Å². The lowest BCUT2D eigenvalue weighted by atomic mass is 10.1. The highest BCUT2D eigenvalue weighted by atomic mass is 19.1. The van der Waals surface area contributed by atoms with Crippen LogP contribution in [0.2, 0.25) is 0 Å². The first-order valence-electron chi connectivity index (χ1n) is 8.34. The van der Waals surface area contributed by atoms with E-state index in [0.29, 0.717) is 0 Å². The van der Waals surface area contributed by atoms with Gasteiger partial charge < -0.3 is 10.2 Å². The van der Waals surface area contributed by atoms with Gasteiger partial charge in [0.05, 0.1) is 12.2 Å². The van der Waals surface area contributed by atoms with Crippen molar-refractivity contribution in [1.82, 2.24) is 14.9 Å². The Balaban J connectivity index is 1.51. The molecule has 1 aromatic heterocycles. The van der Waals surface area contributed by atoms with Crippen molar-refractivity contribution in [3.05, 3.63) is 47.4 Å². The van der Waals surface area contributed by atoms with Gasteiger partial charge in [-0.25, -0.2) is 18.7 Å². The number of likely N-dealkylation sites (N-methyl/N-ethyl adjacent to an activating group) is 1. The van der Waals surface area contributed by atoms with Crippen LogP contribution >= 0.6 is 0 Å². The molecule has 1 aliphatic heterocycles. The smallest absolute Gasteiger partial charge is 0.238 e. The van der Waals surface area contributed by atoms with Crippen LogP contribution in [0.15, 0.2) is 24.3 Å². The Hall–Kier alpha value is -2.61. The Kier molecular flexibility index (Phi) is 5.13. The van der Waals surface area contributed by atoms with Gasteiger partial charge in [-0.05, 0) is 33.0 Å². The molecule has 0 unspecified atom stereocenters. The highest BCUT2D eigenvalue weighted by Crippen LogP contribution is 2.22. The van der Waals surface area contributed by atoms with Crippen molar-refractivity contribution in [2.45, 2.75) is 19.9 Å². The van der Waals surface area contributed by atoms with Crippen molar-refractivity contribution in [3.63, 3.8) is 0 Å². The molecule has 1 N–H and O–H groups in total.